The quantitative estimate of drug-likeness (QED) is 0.0211. The zero-order valence-electron chi connectivity index (χ0n) is 53.4. The number of likely N-dealkylation sites (N-methyl/N-ethyl adjacent to an activating group) is 1. The van der Waals surface area contributed by atoms with Gasteiger partial charge >= 0.3 is 17.9 Å². The number of unbranched alkanes of at least 4 members (excludes halogenated alkanes) is 33. The zero-order chi connectivity index (χ0) is 59.1. The lowest BCUT2D eigenvalue weighted by Crippen LogP contribution is -2.40. The number of hydrogen-bond donors (Lipinski definition) is 1. The summed E-state index contributed by atoms with van der Waals surface area (Å²) in [5.74, 6) is -1.99. The van der Waals surface area contributed by atoms with E-state index in [2.05, 4.69) is 98.9 Å². The number of rotatable bonds is 62. The maximum absolute atomic E-state index is 12.9. The molecule has 2 unspecified atom stereocenters. The molecule has 0 radical (unpaired) electrons. The average molecular weight is 1140 g/mol. The standard InChI is InChI=1S/C72H127NO8/c1-6-8-10-12-14-16-18-20-22-23-24-25-26-27-28-29-30-31-32-33-34-35-36-37-38-39-40-41-42-43-44-45-46-47-49-51-53-55-57-59-61-63-70(75)81-68(67-80-72(71(76)77)78-65-64-73(3,4)5)66-79-69(74)62-60-58-56-54-52-50-48-21-19-17-15-13-11-9-7-2/h8,10,14,16,20,22,24-25,27-28,30-31,33-34,68,72H,6-7,9,11-13,15,17-19,21,23,26,29,32,35-67H2,1-5H3/p+1/b10-8-,16-14-,22-20-,25-24-,28-27-,31-30-,34-33-. The molecular formula is C72H128NO8+. The van der Waals surface area contributed by atoms with Crippen molar-refractivity contribution in [2.45, 2.75) is 309 Å². The number of carbonyl (C=O) groups is 3. The van der Waals surface area contributed by atoms with Crippen molar-refractivity contribution in [3.63, 3.8) is 0 Å². The van der Waals surface area contributed by atoms with Crippen molar-refractivity contribution in [3.05, 3.63) is 85.1 Å². The molecule has 0 saturated carbocycles. The predicted molar refractivity (Wildman–Crippen MR) is 346 cm³/mol. The Morgan fingerprint density at radius 2 is 0.704 bits per heavy atom. The van der Waals surface area contributed by atoms with E-state index in [4.69, 9.17) is 18.9 Å². The molecule has 1 N–H and O–H groups in total. The first-order valence-electron chi connectivity index (χ1n) is 33.8. The second-order valence-electron chi connectivity index (χ2n) is 23.8. The molecule has 2 atom stereocenters. The molecule has 0 rings (SSSR count). The monoisotopic (exact) mass is 1130 g/mol. The van der Waals surface area contributed by atoms with Crippen LogP contribution in [0, 0.1) is 0 Å². The van der Waals surface area contributed by atoms with Crippen molar-refractivity contribution >= 4 is 17.9 Å². The largest absolute Gasteiger partial charge is 0.477 e. The van der Waals surface area contributed by atoms with E-state index < -0.39 is 24.3 Å². The van der Waals surface area contributed by atoms with Crippen LogP contribution in [0.25, 0.3) is 0 Å². The van der Waals surface area contributed by atoms with E-state index in [-0.39, 0.29) is 32.2 Å². The molecule has 9 heteroatoms. The highest BCUT2D eigenvalue weighted by atomic mass is 16.7. The van der Waals surface area contributed by atoms with Gasteiger partial charge < -0.3 is 28.5 Å². The summed E-state index contributed by atoms with van der Waals surface area (Å²) in [6.45, 7) is 4.80. The molecule has 0 saturated heterocycles. The Kier molecular flexibility index (Phi) is 59.8. The smallest absolute Gasteiger partial charge is 0.361 e. The van der Waals surface area contributed by atoms with Crippen molar-refractivity contribution < 1.29 is 42.9 Å². The molecule has 0 aromatic heterocycles. The van der Waals surface area contributed by atoms with E-state index in [9.17, 15) is 19.5 Å². The van der Waals surface area contributed by atoms with Crippen LogP contribution in [-0.4, -0.2) is 87.4 Å². The van der Waals surface area contributed by atoms with Crippen molar-refractivity contribution in [2.75, 3.05) is 47.5 Å². The molecule has 468 valence electrons. The van der Waals surface area contributed by atoms with E-state index in [1.54, 1.807) is 0 Å². The topological polar surface area (TPSA) is 108 Å². The fraction of sp³-hybridized carbons (Fsp3) is 0.764. The van der Waals surface area contributed by atoms with Crippen molar-refractivity contribution in [2.24, 2.45) is 0 Å². The number of allylic oxidation sites excluding steroid dienone is 14. The lowest BCUT2D eigenvalue weighted by Gasteiger charge is -2.25. The molecule has 0 aliphatic rings. The number of quaternary nitrogens is 1. The lowest BCUT2D eigenvalue weighted by molar-refractivity contribution is -0.870. The number of hydrogen-bond acceptors (Lipinski definition) is 7. The van der Waals surface area contributed by atoms with Crippen LogP contribution in [0.4, 0.5) is 0 Å². The van der Waals surface area contributed by atoms with Gasteiger partial charge in [0.05, 0.1) is 34.4 Å². The van der Waals surface area contributed by atoms with E-state index in [1.165, 1.54) is 186 Å². The number of esters is 2. The molecule has 9 nitrogen and oxygen atoms in total. The van der Waals surface area contributed by atoms with Crippen LogP contribution in [0.2, 0.25) is 0 Å². The van der Waals surface area contributed by atoms with Crippen LogP contribution in [0.5, 0.6) is 0 Å². The van der Waals surface area contributed by atoms with Gasteiger partial charge in [-0.2, -0.15) is 0 Å². The second kappa shape index (κ2) is 62.5. The number of carbonyl (C=O) groups excluding carboxylic acids is 2. The molecule has 0 heterocycles. The molecule has 81 heavy (non-hydrogen) atoms. The first-order chi connectivity index (χ1) is 39.6. The Balaban J connectivity index is 3.99. The van der Waals surface area contributed by atoms with Crippen molar-refractivity contribution in [1.29, 1.82) is 0 Å². The van der Waals surface area contributed by atoms with E-state index in [0.717, 1.165) is 83.5 Å². The number of aliphatic carboxylic acids is 1. The molecule has 0 bridgehead atoms. The molecule has 0 aliphatic heterocycles. The molecule has 0 aliphatic carbocycles. The third-order valence-corrected chi connectivity index (χ3v) is 14.7. The Bertz CT molecular complexity index is 1600. The SMILES string of the molecule is CC/C=C\C/C=C\C/C=C\C/C=C\C/C=C\C/C=C\C/C=C\CCCCCCCCCCCCCCCCCCCCCC(=O)OC(COC(=O)CCCCCCCCCCCCCCCCC)COC(OCC[N+](C)(C)C)C(=O)O. The van der Waals surface area contributed by atoms with E-state index >= 15 is 0 Å². The van der Waals surface area contributed by atoms with Gasteiger partial charge in [0.15, 0.2) is 6.10 Å². The average Bonchev–Trinajstić information content (AvgIpc) is 3.44. The highest BCUT2D eigenvalue weighted by molar-refractivity contribution is 5.71. The number of carboxylic acids is 1. The Morgan fingerprint density at radius 1 is 0.383 bits per heavy atom. The zero-order valence-corrected chi connectivity index (χ0v) is 53.4. The van der Waals surface area contributed by atoms with Crippen LogP contribution in [0.1, 0.15) is 296 Å². The summed E-state index contributed by atoms with van der Waals surface area (Å²) in [7, 11) is 5.98. The third kappa shape index (κ3) is 63.9. The maximum atomic E-state index is 12.9. The van der Waals surface area contributed by atoms with Gasteiger partial charge in [0, 0.05) is 12.8 Å². The fourth-order valence-electron chi connectivity index (χ4n) is 9.53. The van der Waals surface area contributed by atoms with E-state index in [0.29, 0.717) is 17.4 Å². The Labute approximate surface area is 500 Å². The molecule has 0 aromatic rings. The minimum absolute atomic E-state index is 0.178. The number of carboxylic acid groups (broad SMARTS) is 1. The number of ether oxygens (including phenoxy) is 4. The molecule has 0 fully saturated rings. The van der Waals surface area contributed by atoms with Crippen LogP contribution in [-0.2, 0) is 33.3 Å². The van der Waals surface area contributed by atoms with Crippen LogP contribution in [0.3, 0.4) is 0 Å². The van der Waals surface area contributed by atoms with Gasteiger partial charge in [0.2, 0.25) is 0 Å². The van der Waals surface area contributed by atoms with Crippen LogP contribution in [0.15, 0.2) is 85.1 Å². The summed E-state index contributed by atoms with van der Waals surface area (Å²) in [5.41, 5.74) is 0. The highest BCUT2D eigenvalue weighted by Crippen LogP contribution is 2.18. The lowest BCUT2D eigenvalue weighted by atomic mass is 10.0. The predicted octanol–water partition coefficient (Wildman–Crippen LogP) is 20.7. The summed E-state index contributed by atoms with van der Waals surface area (Å²) in [5, 5.41) is 9.72. The molecule has 0 aromatic carbocycles. The summed E-state index contributed by atoms with van der Waals surface area (Å²) in [6.07, 6.45) is 81.3. The molecule has 0 amide bonds. The fourth-order valence-corrected chi connectivity index (χ4v) is 9.53. The van der Waals surface area contributed by atoms with Gasteiger partial charge in [-0.05, 0) is 70.6 Å². The van der Waals surface area contributed by atoms with Gasteiger partial charge in [-0.1, -0.05) is 298 Å². The van der Waals surface area contributed by atoms with Crippen molar-refractivity contribution in [1.82, 2.24) is 0 Å². The van der Waals surface area contributed by atoms with Gasteiger partial charge in [0.25, 0.3) is 6.29 Å². The molecule has 0 spiro atoms. The summed E-state index contributed by atoms with van der Waals surface area (Å²) in [4.78, 5) is 37.5. The third-order valence-electron chi connectivity index (χ3n) is 14.7. The Hall–Kier alpha value is -3.53. The summed E-state index contributed by atoms with van der Waals surface area (Å²) >= 11 is 0. The minimum Gasteiger partial charge on any atom is -0.477 e. The number of nitrogens with zero attached hydrogens (tertiary/aromatic N) is 1. The summed E-state index contributed by atoms with van der Waals surface area (Å²) in [6, 6.07) is 0. The molecular weight excluding hydrogens is 1010 g/mol. The van der Waals surface area contributed by atoms with Gasteiger partial charge in [0.1, 0.15) is 13.2 Å². The van der Waals surface area contributed by atoms with E-state index in [1.807, 2.05) is 21.1 Å². The van der Waals surface area contributed by atoms with Gasteiger partial charge in [-0.3, -0.25) is 9.59 Å². The van der Waals surface area contributed by atoms with Gasteiger partial charge in [-0.25, -0.2) is 4.79 Å². The first-order valence-corrected chi connectivity index (χ1v) is 33.8. The highest BCUT2D eigenvalue weighted by Gasteiger charge is 2.25. The van der Waals surface area contributed by atoms with Crippen LogP contribution < -0.4 is 0 Å². The minimum atomic E-state index is -1.51. The van der Waals surface area contributed by atoms with Crippen LogP contribution >= 0.6 is 0 Å². The first kappa shape index (κ1) is 77.5. The van der Waals surface area contributed by atoms with Crippen molar-refractivity contribution in [3.8, 4) is 0 Å². The second-order valence-corrected chi connectivity index (χ2v) is 23.8. The Morgan fingerprint density at radius 3 is 1.05 bits per heavy atom. The normalized spacial score (nSPS) is 13.2. The maximum Gasteiger partial charge on any atom is 0.361 e. The van der Waals surface area contributed by atoms with Gasteiger partial charge in [-0.15, -0.1) is 0 Å². The summed E-state index contributed by atoms with van der Waals surface area (Å²) < 4.78 is 22.9.